The minimum Gasteiger partial charge on any atom is -0.344 e. The van der Waals surface area contributed by atoms with Gasteiger partial charge in [0.15, 0.2) is 0 Å². The standard InChI is InChI=1S/C34H28ClN2/c1-36-28(26-14-4-8-22-10-6-16-30(36)32(22)26)20-18-24-12-3-13-25(34(24)35)19-21-29-27-15-5-9-23-11-7-17-31(33(23)27)37(29)2/h4-11,14-21H,3,12-13H2,1-2H3/q+1. The maximum Gasteiger partial charge on any atom is 0.214 e. The van der Waals surface area contributed by atoms with Crippen LogP contribution in [0.5, 0.6) is 0 Å². The number of rotatable bonds is 3. The highest BCUT2D eigenvalue weighted by Gasteiger charge is 2.27. The van der Waals surface area contributed by atoms with Crippen molar-refractivity contribution < 1.29 is 4.58 Å². The van der Waals surface area contributed by atoms with Crippen molar-refractivity contribution in [1.82, 2.24) is 4.57 Å². The first kappa shape index (κ1) is 22.3. The first-order valence-electron chi connectivity index (χ1n) is 13.0. The average Bonchev–Trinajstić information content (AvgIpc) is 3.36. The maximum absolute atomic E-state index is 7.03. The van der Waals surface area contributed by atoms with Gasteiger partial charge >= 0.3 is 0 Å². The van der Waals surface area contributed by atoms with E-state index >= 15 is 0 Å². The van der Waals surface area contributed by atoms with Gasteiger partial charge in [-0.2, -0.15) is 4.58 Å². The van der Waals surface area contributed by atoms with Crippen LogP contribution in [0.4, 0.5) is 5.69 Å². The number of hydrogen-bond donors (Lipinski definition) is 0. The molecule has 0 atom stereocenters. The van der Waals surface area contributed by atoms with Crippen LogP contribution in [0, 0.1) is 0 Å². The van der Waals surface area contributed by atoms with Crippen molar-refractivity contribution in [2.24, 2.45) is 7.05 Å². The second kappa shape index (κ2) is 8.61. The van der Waals surface area contributed by atoms with Gasteiger partial charge in [-0.25, -0.2) is 0 Å². The first-order chi connectivity index (χ1) is 18.1. The molecule has 0 N–H and O–H groups in total. The summed E-state index contributed by atoms with van der Waals surface area (Å²) in [6.07, 6.45) is 12.1. The molecule has 0 bridgehead atoms. The lowest BCUT2D eigenvalue weighted by Gasteiger charge is -2.16. The first-order valence-corrected chi connectivity index (χ1v) is 13.4. The monoisotopic (exact) mass is 499 g/mol. The van der Waals surface area contributed by atoms with Crippen LogP contribution in [-0.2, 0) is 7.05 Å². The molecule has 4 aromatic carbocycles. The van der Waals surface area contributed by atoms with E-state index in [2.05, 4.69) is 120 Å². The van der Waals surface area contributed by atoms with Crippen molar-refractivity contribution in [2.75, 3.05) is 7.05 Å². The van der Waals surface area contributed by atoms with Crippen molar-refractivity contribution in [3.63, 3.8) is 0 Å². The molecule has 0 amide bonds. The third kappa shape index (κ3) is 3.43. The van der Waals surface area contributed by atoms with E-state index in [-0.39, 0.29) is 0 Å². The van der Waals surface area contributed by atoms with Gasteiger partial charge in [-0.1, -0.05) is 78.4 Å². The smallest absolute Gasteiger partial charge is 0.214 e. The number of hydrogen-bond acceptors (Lipinski definition) is 0. The molecule has 0 saturated heterocycles. The topological polar surface area (TPSA) is 7.94 Å². The lowest BCUT2D eigenvalue weighted by atomic mass is 9.93. The molecular weight excluding hydrogens is 472 g/mol. The van der Waals surface area contributed by atoms with Crippen LogP contribution >= 0.6 is 11.6 Å². The summed E-state index contributed by atoms with van der Waals surface area (Å²) in [5.41, 5.74) is 7.47. The van der Waals surface area contributed by atoms with Gasteiger partial charge in [-0.15, -0.1) is 0 Å². The Hall–Kier alpha value is -3.88. The van der Waals surface area contributed by atoms with E-state index in [1.165, 1.54) is 65.9 Å². The Labute approximate surface area is 221 Å². The van der Waals surface area contributed by atoms with E-state index in [0.29, 0.717) is 0 Å². The fourth-order valence-electron chi connectivity index (χ4n) is 6.22. The molecule has 2 nitrogen and oxygen atoms in total. The van der Waals surface area contributed by atoms with Crippen LogP contribution in [-0.4, -0.2) is 21.9 Å². The fraction of sp³-hybridized carbons (Fsp3) is 0.147. The molecule has 1 aromatic heterocycles. The summed E-state index contributed by atoms with van der Waals surface area (Å²) < 4.78 is 4.58. The zero-order valence-corrected chi connectivity index (χ0v) is 21.9. The van der Waals surface area contributed by atoms with Crippen LogP contribution in [0.15, 0.2) is 107 Å². The lowest BCUT2D eigenvalue weighted by molar-refractivity contribution is -0.399. The van der Waals surface area contributed by atoms with Gasteiger partial charge in [0.05, 0.1) is 10.9 Å². The number of allylic oxidation sites excluding steroid dienone is 6. The van der Waals surface area contributed by atoms with Crippen LogP contribution in [0.3, 0.4) is 0 Å². The number of nitrogens with zero attached hydrogens (tertiary/aromatic N) is 2. The highest BCUT2D eigenvalue weighted by Crippen LogP contribution is 2.36. The number of aromatic nitrogens is 1. The lowest BCUT2D eigenvalue weighted by Crippen LogP contribution is -2.11. The molecule has 7 rings (SSSR count). The predicted octanol–water partition coefficient (Wildman–Crippen LogP) is 7.92. The van der Waals surface area contributed by atoms with E-state index in [4.69, 9.17) is 11.6 Å². The summed E-state index contributed by atoms with van der Waals surface area (Å²) in [6.45, 7) is 0. The van der Waals surface area contributed by atoms with Crippen molar-refractivity contribution in [2.45, 2.75) is 19.3 Å². The van der Waals surface area contributed by atoms with Gasteiger partial charge in [0.25, 0.3) is 0 Å². The summed E-state index contributed by atoms with van der Waals surface area (Å²) >= 11 is 7.03. The SMILES string of the molecule is Cn1/c(=C/C=C2\CCCC(/C=C/C3=[N+](C)c4cccc5cccc3c45)=C2Cl)c2cccc3cccc1c32. The second-order valence-corrected chi connectivity index (χ2v) is 10.5. The van der Waals surface area contributed by atoms with Crippen LogP contribution in [0.2, 0.25) is 0 Å². The molecule has 1 aliphatic heterocycles. The van der Waals surface area contributed by atoms with Crippen molar-refractivity contribution in [3.05, 3.63) is 118 Å². The van der Waals surface area contributed by atoms with E-state index in [9.17, 15) is 0 Å². The summed E-state index contributed by atoms with van der Waals surface area (Å²) in [4.78, 5) is 0. The maximum atomic E-state index is 7.03. The van der Waals surface area contributed by atoms with Gasteiger partial charge in [-0.3, -0.25) is 0 Å². The molecule has 2 aliphatic rings. The molecule has 2 heterocycles. The molecule has 0 spiro atoms. The van der Waals surface area contributed by atoms with Crippen molar-refractivity contribution in [1.29, 1.82) is 0 Å². The van der Waals surface area contributed by atoms with Gasteiger partial charge in [0, 0.05) is 45.9 Å². The molecule has 0 radical (unpaired) electrons. The third-order valence-electron chi connectivity index (χ3n) is 8.10. The van der Waals surface area contributed by atoms with E-state index < -0.39 is 0 Å². The Morgan fingerprint density at radius 1 is 0.811 bits per heavy atom. The minimum atomic E-state index is 0.896. The summed E-state index contributed by atoms with van der Waals surface area (Å²) in [5, 5.41) is 8.65. The van der Waals surface area contributed by atoms with Gasteiger partial charge in [0.2, 0.25) is 11.4 Å². The molecular formula is C34H28ClN2+. The minimum absolute atomic E-state index is 0.896. The second-order valence-electron chi connectivity index (χ2n) is 10.1. The molecule has 3 heteroatoms. The zero-order chi connectivity index (χ0) is 25.1. The molecule has 0 saturated carbocycles. The number of aryl methyl sites for hydroxylation is 1. The Morgan fingerprint density at radius 3 is 2.38 bits per heavy atom. The highest BCUT2D eigenvalue weighted by atomic mass is 35.5. The Bertz CT molecular complexity index is 1920. The Kier molecular flexibility index (Phi) is 5.19. The van der Waals surface area contributed by atoms with Gasteiger partial charge in [0.1, 0.15) is 7.05 Å². The summed E-state index contributed by atoms with van der Waals surface area (Å²) in [6, 6.07) is 26.2. The van der Waals surface area contributed by atoms with Crippen molar-refractivity contribution in [3.8, 4) is 0 Å². The Morgan fingerprint density at radius 2 is 1.54 bits per heavy atom. The normalized spacial score (nSPS) is 17.7. The molecule has 37 heavy (non-hydrogen) atoms. The van der Waals surface area contributed by atoms with Crippen molar-refractivity contribution >= 4 is 61.5 Å². The van der Waals surface area contributed by atoms with Gasteiger partial charge in [-0.05, 0) is 59.4 Å². The Balaban J connectivity index is 1.28. The molecule has 1 aliphatic carbocycles. The quantitative estimate of drug-likeness (QED) is 0.223. The average molecular weight is 500 g/mol. The van der Waals surface area contributed by atoms with Crippen LogP contribution < -0.4 is 5.35 Å². The molecule has 0 unspecified atom stereocenters. The van der Waals surface area contributed by atoms with E-state index in [1.54, 1.807) is 0 Å². The number of benzene rings is 4. The summed E-state index contributed by atoms with van der Waals surface area (Å²) in [7, 11) is 4.30. The van der Waals surface area contributed by atoms with E-state index in [0.717, 1.165) is 24.3 Å². The van der Waals surface area contributed by atoms with Crippen LogP contribution in [0.25, 0.3) is 38.5 Å². The predicted molar refractivity (Wildman–Crippen MR) is 158 cm³/mol. The molecule has 0 fully saturated rings. The fourth-order valence-corrected chi connectivity index (χ4v) is 6.53. The number of halogens is 1. The third-order valence-corrected chi connectivity index (χ3v) is 8.59. The molecule has 180 valence electrons. The molecule has 5 aromatic rings. The summed E-state index contributed by atoms with van der Waals surface area (Å²) in [5.74, 6) is 0. The largest absolute Gasteiger partial charge is 0.344 e. The van der Waals surface area contributed by atoms with Gasteiger partial charge < -0.3 is 4.57 Å². The zero-order valence-electron chi connectivity index (χ0n) is 21.1. The highest BCUT2D eigenvalue weighted by molar-refractivity contribution is 6.32. The van der Waals surface area contributed by atoms with Crippen LogP contribution in [0.1, 0.15) is 24.8 Å². The van der Waals surface area contributed by atoms with E-state index in [1.807, 2.05) is 0 Å².